The monoisotopic (exact) mass is 167 g/mol. The minimum Gasteiger partial charge on any atom is -0.263 e. The van der Waals surface area contributed by atoms with Gasteiger partial charge in [-0.05, 0) is 24.5 Å². The second-order valence-electron chi connectivity index (χ2n) is 2.34. The molecule has 0 aliphatic carbocycles. The molecule has 0 aromatic carbocycles. The molecule has 0 aliphatic rings. The van der Waals surface area contributed by atoms with Gasteiger partial charge >= 0.3 is 0 Å². The molecule has 0 atom stereocenters. The molecule has 0 radical (unpaired) electrons. The van der Waals surface area contributed by atoms with Crippen molar-refractivity contribution in [1.29, 1.82) is 0 Å². The number of rotatable bonds is 3. The van der Waals surface area contributed by atoms with E-state index in [1.807, 2.05) is 18.3 Å². The van der Waals surface area contributed by atoms with Crippen molar-refractivity contribution in [3.05, 3.63) is 41.7 Å². The Morgan fingerprint density at radius 3 is 3.00 bits per heavy atom. The third-order valence-corrected chi connectivity index (χ3v) is 1.61. The molecular weight excluding hydrogens is 158 g/mol. The number of pyridine rings is 1. The molecule has 0 amide bonds. The largest absolute Gasteiger partial charge is 0.263 e. The van der Waals surface area contributed by atoms with E-state index in [1.165, 1.54) is 0 Å². The normalized spacial score (nSPS) is 9.55. The van der Waals surface area contributed by atoms with Gasteiger partial charge in [-0.2, -0.15) is 0 Å². The number of allylic oxidation sites excluding steroid dienone is 1. The quantitative estimate of drug-likeness (QED) is 0.631. The summed E-state index contributed by atoms with van der Waals surface area (Å²) in [4.78, 5) is 3.97. The van der Waals surface area contributed by atoms with E-state index in [0.29, 0.717) is 5.02 Å². The summed E-state index contributed by atoms with van der Waals surface area (Å²) in [7, 11) is 0. The van der Waals surface area contributed by atoms with Crippen LogP contribution in [0.4, 0.5) is 0 Å². The van der Waals surface area contributed by atoms with Gasteiger partial charge in [-0.25, -0.2) is 0 Å². The van der Waals surface area contributed by atoms with Gasteiger partial charge < -0.3 is 0 Å². The number of aryl methyl sites for hydroxylation is 1. The van der Waals surface area contributed by atoms with Gasteiger partial charge in [0, 0.05) is 12.4 Å². The molecule has 0 aliphatic heterocycles. The van der Waals surface area contributed by atoms with E-state index in [1.54, 1.807) is 6.20 Å². The molecule has 1 heterocycles. The summed E-state index contributed by atoms with van der Waals surface area (Å²) in [6, 6.07) is 1.93. The first-order valence-corrected chi connectivity index (χ1v) is 3.91. The minimum absolute atomic E-state index is 0.701. The molecule has 1 nitrogen and oxygen atoms in total. The van der Waals surface area contributed by atoms with E-state index < -0.39 is 0 Å². The lowest BCUT2D eigenvalue weighted by molar-refractivity contribution is 0.990. The van der Waals surface area contributed by atoms with Crippen molar-refractivity contribution >= 4 is 11.6 Å². The van der Waals surface area contributed by atoms with Gasteiger partial charge in [0.15, 0.2) is 0 Å². The standard InChI is InChI=1S/C9H10ClN/c1-2-3-4-8-5-9(10)7-11-6-8/h2,5-7H,1,3-4H2. The van der Waals surface area contributed by atoms with Gasteiger partial charge in [0.2, 0.25) is 0 Å². The Hall–Kier alpha value is -0.820. The molecule has 0 saturated carbocycles. The summed E-state index contributed by atoms with van der Waals surface area (Å²) >= 11 is 5.74. The second-order valence-corrected chi connectivity index (χ2v) is 2.78. The maximum Gasteiger partial charge on any atom is 0.0592 e. The van der Waals surface area contributed by atoms with Gasteiger partial charge in [-0.3, -0.25) is 4.98 Å². The van der Waals surface area contributed by atoms with Crippen molar-refractivity contribution in [2.45, 2.75) is 12.8 Å². The van der Waals surface area contributed by atoms with Gasteiger partial charge in [-0.15, -0.1) is 6.58 Å². The van der Waals surface area contributed by atoms with E-state index in [9.17, 15) is 0 Å². The summed E-state index contributed by atoms with van der Waals surface area (Å²) in [6.45, 7) is 3.64. The predicted molar refractivity (Wildman–Crippen MR) is 47.8 cm³/mol. The highest BCUT2D eigenvalue weighted by molar-refractivity contribution is 6.30. The molecule has 1 aromatic heterocycles. The van der Waals surface area contributed by atoms with Crippen LogP contribution >= 0.6 is 11.6 Å². The Balaban J connectivity index is 2.63. The highest BCUT2D eigenvalue weighted by atomic mass is 35.5. The zero-order valence-electron chi connectivity index (χ0n) is 6.26. The molecule has 0 spiro atoms. The van der Waals surface area contributed by atoms with Gasteiger partial charge in [0.25, 0.3) is 0 Å². The molecule has 1 rings (SSSR count). The minimum atomic E-state index is 0.701. The van der Waals surface area contributed by atoms with Crippen molar-refractivity contribution < 1.29 is 0 Å². The molecule has 1 aromatic rings. The first-order valence-electron chi connectivity index (χ1n) is 3.53. The Bertz CT molecular complexity index is 245. The number of aromatic nitrogens is 1. The van der Waals surface area contributed by atoms with Crippen molar-refractivity contribution in [3.63, 3.8) is 0 Å². The molecule has 58 valence electrons. The third-order valence-electron chi connectivity index (χ3n) is 1.40. The van der Waals surface area contributed by atoms with Crippen molar-refractivity contribution in [2.75, 3.05) is 0 Å². The average molecular weight is 168 g/mol. The first kappa shape index (κ1) is 8.28. The Labute approximate surface area is 71.7 Å². The van der Waals surface area contributed by atoms with Crippen LogP contribution in [0.25, 0.3) is 0 Å². The highest BCUT2D eigenvalue weighted by Crippen LogP contribution is 2.09. The van der Waals surface area contributed by atoms with Crippen LogP contribution in [-0.2, 0) is 6.42 Å². The third kappa shape index (κ3) is 2.72. The molecule has 0 unspecified atom stereocenters. The van der Waals surface area contributed by atoms with Crippen molar-refractivity contribution in [3.8, 4) is 0 Å². The summed E-state index contributed by atoms with van der Waals surface area (Å²) in [6.07, 6.45) is 7.30. The topological polar surface area (TPSA) is 12.9 Å². The molecule has 2 heteroatoms. The summed E-state index contributed by atoms with van der Waals surface area (Å²) in [5, 5.41) is 0.701. The second kappa shape index (κ2) is 4.14. The summed E-state index contributed by atoms with van der Waals surface area (Å²) < 4.78 is 0. The van der Waals surface area contributed by atoms with E-state index in [0.717, 1.165) is 18.4 Å². The predicted octanol–water partition coefficient (Wildman–Crippen LogP) is 2.85. The van der Waals surface area contributed by atoms with E-state index in [-0.39, 0.29) is 0 Å². The first-order chi connectivity index (χ1) is 5.33. The van der Waals surface area contributed by atoms with Crippen LogP contribution < -0.4 is 0 Å². The Morgan fingerprint density at radius 1 is 1.55 bits per heavy atom. The summed E-state index contributed by atoms with van der Waals surface area (Å²) in [5.74, 6) is 0. The molecule has 0 bridgehead atoms. The number of halogens is 1. The van der Waals surface area contributed by atoms with Gasteiger partial charge in [-0.1, -0.05) is 17.7 Å². The fourth-order valence-electron chi connectivity index (χ4n) is 0.861. The maximum atomic E-state index is 5.74. The lowest BCUT2D eigenvalue weighted by atomic mass is 10.2. The van der Waals surface area contributed by atoms with Crippen LogP contribution in [0, 0.1) is 0 Å². The number of nitrogens with zero attached hydrogens (tertiary/aromatic N) is 1. The van der Waals surface area contributed by atoms with Crippen molar-refractivity contribution in [2.24, 2.45) is 0 Å². The highest BCUT2D eigenvalue weighted by Gasteiger charge is 1.92. The van der Waals surface area contributed by atoms with Crippen LogP contribution in [0.5, 0.6) is 0 Å². The average Bonchev–Trinajstić information content (AvgIpc) is 2.01. The molecule has 0 N–H and O–H groups in total. The SMILES string of the molecule is C=CCCc1cncc(Cl)c1. The molecule has 11 heavy (non-hydrogen) atoms. The van der Waals surface area contributed by atoms with Gasteiger partial charge in [0.1, 0.15) is 0 Å². The number of hydrogen-bond acceptors (Lipinski definition) is 1. The van der Waals surface area contributed by atoms with Crippen LogP contribution in [-0.4, -0.2) is 4.98 Å². The number of hydrogen-bond donors (Lipinski definition) is 0. The molecule has 0 saturated heterocycles. The van der Waals surface area contributed by atoms with Crippen LogP contribution in [0.15, 0.2) is 31.1 Å². The fraction of sp³-hybridized carbons (Fsp3) is 0.222. The fourth-order valence-corrected chi connectivity index (χ4v) is 1.06. The van der Waals surface area contributed by atoms with Crippen LogP contribution in [0.2, 0.25) is 5.02 Å². The van der Waals surface area contributed by atoms with Crippen LogP contribution in [0.1, 0.15) is 12.0 Å². The maximum absolute atomic E-state index is 5.74. The smallest absolute Gasteiger partial charge is 0.0592 e. The van der Waals surface area contributed by atoms with Gasteiger partial charge in [0.05, 0.1) is 5.02 Å². The zero-order valence-corrected chi connectivity index (χ0v) is 7.01. The molecule has 0 fully saturated rings. The Kier molecular flexibility index (Phi) is 3.12. The van der Waals surface area contributed by atoms with Crippen LogP contribution in [0.3, 0.4) is 0 Å². The van der Waals surface area contributed by atoms with E-state index in [4.69, 9.17) is 11.6 Å². The zero-order chi connectivity index (χ0) is 8.10. The molecular formula is C9H10ClN. The lowest BCUT2D eigenvalue weighted by Crippen LogP contribution is -1.84. The summed E-state index contributed by atoms with van der Waals surface area (Å²) in [5.41, 5.74) is 1.16. The van der Waals surface area contributed by atoms with Crippen molar-refractivity contribution in [1.82, 2.24) is 4.98 Å². The van der Waals surface area contributed by atoms with E-state index in [2.05, 4.69) is 11.6 Å². The lowest BCUT2D eigenvalue weighted by Gasteiger charge is -1.96. The Morgan fingerprint density at radius 2 is 2.36 bits per heavy atom. The van der Waals surface area contributed by atoms with E-state index >= 15 is 0 Å².